The Balaban J connectivity index is 1.86. The van der Waals surface area contributed by atoms with Crippen LogP contribution in [0, 0.1) is 0 Å². The molecule has 0 aliphatic rings. The molecule has 22 heavy (non-hydrogen) atoms. The van der Waals surface area contributed by atoms with Crippen molar-refractivity contribution in [2.75, 3.05) is 20.3 Å². The fraction of sp³-hybridized carbons (Fsp3) is 0.294. The Bertz CT molecular complexity index is 567. The van der Waals surface area contributed by atoms with Crippen LogP contribution in [0.2, 0.25) is 10.0 Å². The van der Waals surface area contributed by atoms with Crippen LogP contribution in [0.3, 0.4) is 0 Å². The molecule has 0 radical (unpaired) electrons. The van der Waals surface area contributed by atoms with Crippen molar-refractivity contribution in [1.29, 1.82) is 0 Å². The van der Waals surface area contributed by atoms with Crippen molar-refractivity contribution in [2.24, 2.45) is 0 Å². The first-order valence-corrected chi connectivity index (χ1v) is 7.80. The van der Waals surface area contributed by atoms with Crippen molar-refractivity contribution in [3.63, 3.8) is 0 Å². The highest BCUT2D eigenvalue weighted by Gasteiger charge is 2.06. The van der Waals surface area contributed by atoms with Gasteiger partial charge in [0, 0.05) is 35.8 Å². The Morgan fingerprint density at radius 3 is 2.32 bits per heavy atom. The smallest absolute Gasteiger partial charge is 0.119 e. The highest BCUT2D eigenvalue weighted by Crippen LogP contribution is 2.25. The summed E-state index contributed by atoms with van der Waals surface area (Å²) in [7, 11) is 1.69. The first-order valence-electron chi connectivity index (χ1n) is 7.05. The van der Waals surface area contributed by atoms with E-state index in [1.54, 1.807) is 19.2 Å². The van der Waals surface area contributed by atoms with E-state index in [0.29, 0.717) is 23.3 Å². The lowest BCUT2D eigenvalue weighted by molar-refractivity contribution is 0.199. The molecule has 1 N–H and O–H groups in total. The molecule has 0 saturated carbocycles. The van der Waals surface area contributed by atoms with Crippen LogP contribution in [-0.2, 0) is 17.9 Å². The van der Waals surface area contributed by atoms with Gasteiger partial charge in [0.1, 0.15) is 12.4 Å². The van der Waals surface area contributed by atoms with Crippen molar-refractivity contribution in [3.05, 3.63) is 63.6 Å². The van der Waals surface area contributed by atoms with Crippen LogP contribution in [0.1, 0.15) is 11.1 Å². The van der Waals surface area contributed by atoms with E-state index >= 15 is 0 Å². The third kappa shape index (κ3) is 5.18. The lowest BCUT2D eigenvalue weighted by atomic mass is 10.2. The summed E-state index contributed by atoms with van der Waals surface area (Å²) >= 11 is 12.2. The Kier molecular flexibility index (Phi) is 7.00. The molecule has 118 valence electrons. The second-order valence-corrected chi connectivity index (χ2v) is 5.62. The summed E-state index contributed by atoms with van der Waals surface area (Å²) in [5.74, 6) is 0.789. The molecule has 0 atom stereocenters. The Labute approximate surface area is 141 Å². The second-order valence-electron chi connectivity index (χ2n) is 4.80. The minimum absolute atomic E-state index is 0.351. The Hall–Kier alpha value is -1.26. The van der Waals surface area contributed by atoms with E-state index in [1.807, 2.05) is 30.3 Å². The van der Waals surface area contributed by atoms with Crippen LogP contribution in [0.15, 0.2) is 42.5 Å². The van der Waals surface area contributed by atoms with E-state index in [-0.39, 0.29) is 0 Å². The zero-order valence-electron chi connectivity index (χ0n) is 12.4. The van der Waals surface area contributed by atoms with Crippen LogP contribution in [0.4, 0.5) is 0 Å². The van der Waals surface area contributed by atoms with Gasteiger partial charge in [-0.05, 0) is 29.8 Å². The summed E-state index contributed by atoms with van der Waals surface area (Å²) in [6, 6.07) is 13.4. The van der Waals surface area contributed by atoms with Gasteiger partial charge in [0.2, 0.25) is 0 Å². The van der Waals surface area contributed by atoms with Gasteiger partial charge in [0.25, 0.3) is 0 Å². The maximum atomic E-state index is 6.12. The molecule has 0 unspecified atom stereocenters. The maximum absolute atomic E-state index is 6.12. The lowest BCUT2D eigenvalue weighted by Crippen LogP contribution is -2.18. The van der Waals surface area contributed by atoms with Gasteiger partial charge in [-0.15, -0.1) is 0 Å². The van der Waals surface area contributed by atoms with Crippen molar-refractivity contribution in [3.8, 4) is 5.75 Å². The molecule has 5 heteroatoms. The highest BCUT2D eigenvalue weighted by molar-refractivity contribution is 6.35. The average molecular weight is 340 g/mol. The summed E-state index contributed by atoms with van der Waals surface area (Å²) in [5, 5.41) is 4.53. The molecule has 0 spiro atoms. The number of hydrogen-bond donors (Lipinski definition) is 1. The van der Waals surface area contributed by atoms with Crippen LogP contribution >= 0.6 is 23.2 Å². The number of ether oxygens (including phenoxy) is 2. The van der Waals surface area contributed by atoms with Crippen LogP contribution in [0.25, 0.3) is 0 Å². The van der Waals surface area contributed by atoms with Crippen molar-refractivity contribution in [2.45, 2.75) is 13.2 Å². The van der Waals surface area contributed by atoms with E-state index < -0.39 is 0 Å². The molecule has 0 aliphatic heterocycles. The van der Waals surface area contributed by atoms with E-state index in [9.17, 15) is 0 Å². The minimum Gasteiger partial charge on any atom is -0.489 e. The molecule has 2 rings (SSSR count). The predicted octanol–water partition coefficient (Wildman–Crippen LogP) is 4.31. The topological polar surface area (TPSA) is 30.5 Å². The van der Waals surface area contributed by atoms with Gasteiger partial charge in [0.15, 0.2) is 0 Å². The summed E-state index contributed by atoms with van der Waals surface area (Å²) in [6.07, 6.45) is 0. The maximum Gasteiger partial charge on any atom is 0.119 e. The molecule has 2 aromatic rings. The first kappa shape index (κ1) is 17.1. The predicted molar refractivity (Wildman–Crippen MR) is 90.8 cm³/mol. The molecule has 0 bridgehead atoms. The van der Waals surface area contributed by atoms with Crippen LogP contribution in [0.5, 0.6) is 5.75 Å². The average Bonchev–Trinajstić information content (AvgIpc) is 2.52. The third-order valence-corrected chi connectivity index (χ3v) is 3.89. The molecular weight excluding hydrogens is 321 g/mol. The van der Waals surface area contributed by atoms with E-state index in [2.05, 4.69) is 5.32 Å². The molecular formula is C17H19Cl2NO2. The fourth-order valence-electron chi connectivity index (χ4n) is 1.94. The quantitative estimate of drug-likeness (QED) is 0.727. The zero-order valence-corrected chi connectivity index (χ0v) is 14.0. The number of halogens is 2. The summed E-state index contributed by atoms with van der Waals surface area (Å²) in [6.45, 7) is 2.70. The largest absolute Gasteiger partial charge is 0.489 e. The number of methoxy groups -OCH3 is 1. The molecule has 0 aromatic heterocycles. The third-order valence-electron chi connectivity index (χ3n) is 3.18. The summed E-state index contributed by atoms with van der Waals surface area (Å²) < 4.78 is 10.7. The van der Waals surface area contributed by atoms with Crippen LogP contribution in [-0.4, -0.2) is 20.3 Å². The first-order chi connectivity index (χ1) is 10.7. The van der Waals surface area contributed by atoms with Gasteiger partial charge in [-0.1, -0.05) is 41.4 Å². The summed E-state index contributed by atoms with van der Waals surface area (Å²) in [4.78, 5) is 0. The lowest BCUT2D eigenvalue weighted by Gasteiger charge is -2.10. The standard InChI is InChI=1S/C17H19Cl2NO2/c1-21-10-9-20-11-13-5-7-14(8-6-13)22-12-15-16(18)3-2-4-17(15)19/h2-8,20H,9-12H2,1H3. The fourth-order valence-corrected chi connectivity index (χ4v) is 2.44. The number of hydrogen-bond acceptors (Lipinski definition) is 3. The van der Waals surface area contributed by atoms with Gasteiger partial charge in [0.05, 0.1) is 6.61 Å². The molecule has 0 aliphatic carbocycles. The molecule has 0 amide bonds. The van der Waals surface area contributed by atoms with Gasteiger partial charge in [-0.3, -0.25) is 0 Å². The number of nitrogens with one attached hydrogen (secondary N) is 1. The molecule has 3 nitrogen and oxygen atoms in total. The molecule has 2 aromatic carbocycles. The van der Waals surface area contributed by atoms with Crippen LogP contribution < -0.4 is 10.1 Å². The van der Waals surface area contributed by atoms with Crippen molar-refractivity contribution in [1.82, 2.24) is 5.32 Å². The number of rotatable bonds is 8. The summed E-state index contributed by atoms with van der Waals surface area (Å²) in [5.41, 5.74) is 2.00. The normalized spacial score (nSPS) is 10.7. The van der Waals surface area contributed by atoms with Crippen molar-refractivity contribution >= 4 is 23.2 Å². The van der Waals surface area contributed by atoms with E-state index in [4.69, 9.17) is 32.7 Å². The van der Waals surface area contributed by atoms with Gasteiger partial charge in [-0.25, -0.2) is 0 Å². The van der Waals surface area contributed by atoms with Gasteiger partial charge < -0.3 is 14.8 Å². The van der Waals surface area contributed by atoms with E-state index in [1.165, 1.54) is 5.56 Å². The highest BCUT2D eigenvalue weighted by atomic mass is 35.5. The van der Waals surface area contributed by atoms with Gasteiger partial charge >= 0.3 is 0 Å². The second kappa shape index (κ2) is 9.01. The SMILES string of the molecule is COCCNCc1ccc(OCc2c(Cl)cccc2Cl)cc1. The Morgan fingerprint density at radius 1 is 1.00 bits per heavy atom. The van der Waals surface area contributed by atoms with Crippen molar-refractivity contribution < 1.29 is 9.47 Å². The zero-order chi connectivity index (χ0) is 15.8. The van der Waals surface area contributed by atoms with Gasteiger partial charge in [-0.2, -0.15) is 0 Å². The Morgan fingerprint density at radius 2 is 1.68 bits per heavy atom. The van der Waals surface area contributed by atoms with E-state index in [0.717, 1.165) is 24.4 Å². The molecule has 0 fully saturated rings. The number of benzene rings is 2. The molecule has 0 saturated heterocycles. The molecule has 0 heterocycles. The monoisotopic (exact) mass is 339 g/mol. The minimum atomic E-state index is 0.351.